The first-order chi connectivity index (χ1) is 16.4. The van der Waals surface area contributed by atoms with Crippen LogP contribution in [0.5, 0.6) is 5.88 Å². The second kappa shape index (κ2) is 10.1. The van der Waals surface area contributed by atoms with E-state index in [0.29, 0.717) is 25.3 Å². The van der Waals surface area contributed by atoms with Crippen molar-refractivity contribution in [3.05, 3.63) is 84.1 Å². The Morgan fingerprint density at radius 3 is 2.38 bits per heavy atom. The standard InChI is InChI=1S/C28H31N3O3/c1-20(21-8-10-22(11-9-21)23-12-13-26(34-2)30-19-23)31-17-16-28(18-27(31)33,15-14-25(29)32)24-6-4-3-5-7-24/h3-13,19-20H,14-18H2,1-2H3,(H2,29,32)/t20-,28-/m0/s1. The molecule has 6 heteroatoms. The molecule has 6 nitrogen and oxygen atoms in total. The summed E-state index contributed by atoms with van der Waals surface area (Å²) in [5.41, 5.74) is 9.37. The van der Waals surface area contributed by atoms with E-state index in [2.05, 4.69) is 48.3 Å². The Labute approximate surface area is 200 Å². The van der Waals surface area contributed by atoms with Crippen molar-refractivity contribution in [3.63, 3.8) is 0 Å². The van der Waals surface area contributed by atoms with Crippen LogP contribution in [0.4, 0.5) is 0 Å². The van der Waals surface area contributed by atoms with Gasteiger partial charge in [-0.3, -0.25) is 9.59 Å². The van der Waals surface area contributed by atoms with Gasteiger partial charge in [-0.25, -0.2) is 4.98 Å². The molecular weight excluding hydrogens is 426 g/mol. The van der Waals surface area contributed by atoms with Crippen LogP contribution >= 0.6 is 0 Å². The zero-order chi connectivity index (χ0) is 24.1. The van der Waals surface area contributed by atoms with Gasteiger partial charge in [-0.1, -0.05) is 54.6 Å². The fraction of sp³-hybridized carbons (Fsp3) is 0.321. The molecule has 0 radical (unpaired) electrons. The average molecular weight is 458 g/mol. The lowest BCUT2D eigenvalue weighted by Gasteiger charge is -2.44. The van der Waals surface area contributed by atoms with Crippen molar-refractivity contribution in [1.29, 1.82) is 0 Å². The Kier molecular flexibility index (Phi) is 6.96. The summed E-state index contributed by atoms with van der Waals surface area (Å²) < 4.78 is 5.13. The van der Waals surface area contributed by atoms with Gasteiger partial charge >= 0.3 is 0 Å². The van der Waals surface area contributed by atoms with Crippen molar-refractivity contribution >= 4 is 11.8 Å². The second-order valence-corrected chi connectivity index (χ2v) is 9.01. The minimum absolute atomic E-state index is 0.0412. The molecule has 1 aliphatic heterocycles. The van der Waals surface area contributed by atoms with E-state index in [1.54, 1.807) is 13.3 Å². The first-order valence-electron chi connectivity index (χ1n) is 11.7. The largest absolute Gasteiger partial charge is 0.481 e. The van der Waals surface area contributed by atoms with Gasteiger partial charge in [-0.15, -0.1) is 0 Å². The molecule has 2 heterocycles. The number of nitrogens with zero attached hydrogens (tertiary/aromatic N) is 2. The van der Waals surface area contributed by atoms with Gasteiger partial charge in [-0.05, 0) is 42.5 Å². The predicted octanol–water partition coefficient (Wildman–Crippen LogP) is 4.64. The van der Waals surface area contributed by atoms with Gasteiger partial charge in [0, 0.05) is 42.6 Å². The highest BCUT2D eigenvalue weighted by Crippen LogP contribution is 2.42. The number of pyridine rings is 1. The van der Waals surface area contributed by atoms with Crippen LogP contribution in [0.2, 0.25) is 0 Å². The van der Waals surface area contributed by atoms with Crippen molar-refractivity contribution in [2.75, 3.05) is 13.7 Å². The Balaban J connectivity index is 1.49. The molecule has 0 aliphatic carbocycles. The summed E-state index contributed by atoms with van der Waals surface area (Å²) >= 11 is 0. The van der Waals surface area contributed by atoms with Crippen molar-refractivity contribution < 1.29 is 14.3 Å². The lowest BCUT2D eigenvalue weighted by atomic mass is 9.69. The fourth-order valence-electron chi connectivity index (χ4n) is 4.91. The molecule has 0 saturated carbocycles. The van der Waals surface area contributed by atoms with Crippen LogP contribution in [0.15, 0.2) is 72.9 Å². The van der Waals surface area contributed by atoms with Crippen molar-refractivity contribution in [2.45, 2.75) is 44.1 Å². The van der Waals surface area contributed by atoms with E-state index in [-0.39, 0.29) is 29.7 Å². The first kappa shape index (κ1) is 23.5. The number of piperidine rings is 1. The Morgan fingerprint density at radius 1 is 1.09 bits per heavy atom. The van der Waals surface area contributed by atoms with Crippen LogP contribution in [0.25, 0.3) is 11.1 Å². The van der Waals surface area contributed by atoms with Crippen LogP contribution in [0.3, 0.4) is 0 Å². The molecule has 2 atom stereocenters. The summed E-state index contributed by atoms with van der Waals surface area (Å²) in [4.78, 5) is 31.1. The van der Waals surface area contributed by atoms with E-state index in [1.165, 1.54) is 0 Å². The number of carbonyl (C=O) groups is 2. The van der Waals surface area contributed by atoms with Gasteiger partial charge in [0.05, 0.1) is 13.2 Å². The van der Waals surface area contributed by atoms with E-state index >= 15 is 0 Å². The molecule has 2 aromatic carbocycles. The van der Waals surface area contributed by atoms with Crippen molar-refractivity contribution in [3.8, 4) is 17.0 Å². The fourth-order valence-corrected chi connectivity index (χ4v) is 4.91. The number of hydrogen-bond donors (Lipinski definition) is 1. The molecular formula is C28H31N3O3. The maximum atomic E-state index is 13.4. The number of likely N-dealkylation sites (tertiary alicyclic amines) is 1. The normalized spacial score (nSPS) is 19.0. The Hall–Kier alpha value is -3.67. The third-order valence-electron chi connectivity index (χ3n) is 7.02. The predicted molar refractivity (Wildman–Crippen MR) is 132 cm³/mol. The van der Waals surface area contributed by atoms with Crippen LogP contribution in [-0.2, 0) is 15.0 Å². The van der Waals surface area contributed by atoms with Gasteiger partial charge in [-0.2, -0.15) is 0 Å². The summed E-state index contributed by atoms with van der Waals surface area (Å²) in [6, 6.07) is 22.1. The number of nitrogens with two attached hydrogens (primary N) is 1. The van der Waals surface area contributed by atoms with E-state index in [0.717, 1.165) is 28.7 Å². The second-order valence-electron chi connectivity index (χ2n) is 9.01. The SMILES string of the molecule is COc1ccc(-c2ccc([C@H](C)N3CC[C@](CCC(N)=O)(c4ccccc4)CC3=O)cc2)cn1. The highest BCUT2D eigenvalue weighted by Gasteiger charge is 2.41. The van der Waals surface area contributed by atoms with Crippen LogP contribution < -0.4 is 10.5 Å². The van der Waals surface area contributed by atoms with Gasteiger partial charge < -0.3 is 15.4 Å². The van der Waals surface area contributed by atoms with E-state index in [1.807, 2.05) is 35.2 Å². The molecule has 0 bridgehead atoms. The maximum absolute atomic E-state index is 13.4. The molecule has 4 rings (SSSR count). The van der Waals surface area contributed by atoms with Crippen LogP contribution in [-0.4, -0.2) is 35.4 Å². The molecule has 0 spiro atoms. The molecule has 34 heavy (non-hydrogen) atoms. The number of carbonyl (C=O) groups excluding carboxylic acids is 2. The summed E-state index contributed by atoms with van der Waals surface area (Å²) in [5.74, 6) is 0.362. The molecule has 0 unspecified atom stereocenters. The van der Waals surface area contributed by atoms with Gasteiger partial charge in [0.2, 0.25) is 17.7 Å². The van der Waals surface area contributed by atoms with Gasteiger partial charge in [0.1, 0.15) is 0 Å². The molecule has 1 saturated heterocycles. The molecule has 1 fully saturated rings. The molecule has 1 aromatic heterocycles. The zero-order valence-corrected chi connectivity index (χ0v) is 19.7. The molecule has 2 amide bonds. The molecule has 2 N–H and O–H groups in total. The number of ether oxygens (including phenoxy) is 1. The Bertz CT molecular complexity index is 1130. The number of hydrogen-bond acceptors (Lipinski definition) is 4. The summed E-state index contributed by atoms with van der Waals surface area (Å²) in [5, 5.41) is 0. The summed E-state index contributed by atoms with van der Waals surface area (Å²) in [6.45, 7) is 2.71. The van der Waals surface area contributed by atoms with Crippen LogP contribution in [0.1, 0.15) is 49.8 Å². The van der Waals surface area contributed by atoms with E-state index < -0.39 is 0 Å². The van der Waals surface area contributed by atoms with Crippen LogP contribution in [0, 0.1) is 0 Å². The lowest BCUT2D eigenvalue weighted by Crippen LogP contribution is -2.47. The number of aromatic nitrogens is 1. The first-order valence-corrected chi connectivity index (χ1v) is 11.7. The number of amides is 2. The Morgan fingerprint density at radius 2 is 1.79 bits per heavy atom. The minimum atomic E-state index is -0.352. The summed E-state index contributed by atoms with van der Waals surface area (Å²) in [6.07, 6.45) is 3.84. The third-order valence-corrected chi connectivity index (χ3v) is 7.02. The lowest BCUT2D eigenvalue weighted by molar-refractivity contribution is -0.139. The molecule has 1 aliphatic rings. The smallest absolute Gasteiger partial charge is 0.223 e. The van der Waals surface area contributed by atoms with Crippen molar-refractivity contribution in [2.24, 2.45) is 5.73 Å². The minimum Gasteiger partial charge on any atom is -0.481 e. The number of methoxy groups -OCH3 is 1. The van der Waals surface area contributed by atoms with Gasteiger partial charge in [0.25, 0.3) is 0 Å². The zero-order valence-electron chi connectivity index (χ0n) is 19.7. The van der Waals surface area contributed by atoms with E-state index in [9.17, 15) is 9.59 Å². The number of benzene rings is 2. The quantitative estimate of drug-likeness (QED) is 0.534. The average Bonchev–Trinajstić information content (AvgIpc) is 2.88. The molecule has 176 valence electrons. The molecule has 3 aromatic rings. The summed E-state index contributed by atoms with van der Waals surface area (Å²) in [7, 11) is 1.60. The van der Waals surface area contributed by atoms with E-state index in [4.69, 9.17) is 10.5 Å². The highest BCUT2D eigenvalue weighted by molar-refractivity contribution is 5.80. The topological polar surface area (TPSA) is 85.5 Å². The third kappa shape index (κ3) is 4.96. The van der Waals surface area contributed by atoms with Gasteiger partial charge in [0.15, 0.2) is 0 Å². The highest BCUT2D eigenvalue weighted by atomic mass is 16.5. The van der Waals surface area contributed by atoms with Crippen molar-refractivity contribution in [1.82, 2.24) is 9.88 Å². The monoisotopic (exact) mass is 457 g/mol. The maximum Gasteiger partial charge on any atom is 0.223 e. The number of rotatable bonds is 8. The number of primary amides is 1.